The zero-order chi connectivity index (χ0) is 15.4. The fourth-order valence-electron chi connectivity index (χ4n) is 2.75. The smallest absolute Gasteiger partial charge is 0.0546 e. The van der Waals surface area contributed by atoms with Crippen LogP contribution in [0.5, 0.6) is 0 Å². The van der Waals surface area contributed by atoms with Gasteiger partial charge in [0.15, 0.2) is 0 Å². The van der Waals surface area contributed by atoms with Gasteiger partial charge in [-0.25, -0.2) is 0 Å². The van der Waals surface area contributed by atoms with Crippen molar-refractivity contribution in [2.75, 3.05) is 25.0 Å². The van der Waals surface area contributed by atoms with Crippen molar-refractivity contribution in [3.8, 4) is 0 Å². The Balaban J connectivity index is 1.88. The van der Waals surface area contributed by atoms with Crippen LogP contribution in [0.25, 0.3) is 0 Å². The number of aliphatic hydroxyl groups is 1. The van der Waals surface area contributed by atoms with Crippen LogP contribution in [0.2, 0.25) is 0 Å². The average Bonchev–Trinajstić information content (AvgIpc) is 2.38. The summed E-state index contributed by atoms with van der Waals surface area (Å²) in [4.78, 5) is 2.28. The van der Waals surface area contributed by atoms with Crippen molar-refractivity contribution in [2.45, 2.75) is 39.3 Å². The first-order chi connectivity index (χ1) is 9.95. The molecule has 1 aliphatic carbocycles. The second-order valence-electron chi connectivity index (χ2n) is 6.67. The molecule has 2 N–H and O–H groups in total. The van der Waals surface area contributed by atoms with Crippen molar-refractivity contribution >= 4 is 21.6 Å². The summed E-state index contributed by atoms with van der Waals surface area (Å²) in [5, 5.41) is 12.8. The van der Waals surface area contributed by atoms with Gasteiger partial charge in [0.25, 0.3) is 0 Å². The van der Waals surface area contributed by atoms with Gasteiger partial charge in [-0.2, -0.15) is 0 Å². The van der Waals surface area contributed by atoms with Crippen LogP contribution in [0.1, 0.15) is 32.3 Å². The first kappa shape index (κ1) is 16.8. The van der Waals surface area contributed by atoms with Crippen molar-refractivity contribution in [3.63, 3.8) is 0 Å². The molecule has 0 aromatic heterocycles. The summed E-state index contributed by atoms with van der Waals surface area (Å²) < 4.78 is 1.16. The van der Waals surface area contributed by atoms with Crippen LogP contribution in [0.4, 0.5) is 5.69 Å². The molecule has 1 saturated carbocycles. The summed E-state index contributed by atoms with van der Waals surface area (Å²) in [6.45, 7) is 7.40. The maximum Gasteiger partial charge on any atom is 0.0546 e. The summed E-state index contributed by atoms with van der Waals surface area (Å²) in [5.41, 5.74) is 2.53. The molecule has 0 amide bonds. The average molecular weight is 355 g/mol. The molecule has 21 heavy (non-hydrogen) atoms. The normalized spacial score (nSPS) is 21.4. The summed E-state index contributed by atoms with van der Waals surface area (Å²) in [6, 6.07) is 6.58. The molecule has 0 spiro atoms. The van der Waals surface area contributed by atoms with Gasteiger partial charge in [-0.15, -0.1) is 0 Å². The number of nitrogens with one attached hydrogen (secondary N) is 1. The van der Waals surface area contributed by atoms with Gasteiger partial charge < -0.3 is 15.3 Å². The Bertz CT molecular complexity index is 458. The van der Waals surface area contributed by atoms with E-state index in [2.05, 4.69) is 65.2 Å². The molecule has 1 aliphatic rings. The minimum atomic E-state index is -0.0652. The highest BCUT2D eigenvalue weighted by Crippen LogP contribution is 2.30. The Labute approximate surface area is 136 Å². The number of rotatable bonds is 7. The lowest BCUT2D eigenvalue weighted by Gasteiger charge is -2.35. The lowest BCUT2D eigenvalue weighted by molar-refractivity contribution is 0.0465. The molecule has 1 fully saturated rings. The zero-order valence-electron chi connectivity index (χ0n) is 13.3. The molecule has 0 aliphatic heterocycles. The van der Waals surface area contributed by atoms with E-state index in [1.54, 1.807) is 0 Å². The molecule has 118 valence electrons. The van der Waals surface area contributed by atoms with Gasteiger partial charge in [-0.1, -0.05) is 35.8 Å². The number of benzene rings is 1. The quantitative estimate of drug-likeness (QED) is 0.787. The fraction of sp³-hybridized carbons (Fsp3) is 0.647. The molecule has 4 heteroatoms. The van der Waals surface area contributed by atoms with Crippen molar-refractivity contribution in [2.24, 2.45) is 11.8 Å². The molecule has 0 bridgehead atoms. The zero-order valence-corrected chi connectivity index (χ0v) is 14.9. The molecule has 0 heterocycles. The first-order valence-electron chi connectivity index (χ1n) is 7.84. The molecule has 3 nitrogen and oxygen atoms in total. The molecule has 0 unspecified atom stereocenters. The molecule has 2 rings (SSSR count). The monoisotopic (exact) mass is 354 g/mol. The predicted octanol–water partition coefficient (Wildman–Crippen LogP) is 3.40. The number of aliphatic hydroxyl groups excluding tert-OH is 1. The SMILES string of the molecule is CC(C)CNCc1ccc(N(C)CC2CC(O)C2)cc1Br. The van der Waals surface area contributed by atoms with Gasteiger partial charge in [-0.05, 0) is 48.9 Å². The van der Waals surface area contributed by atoms with E-state index in [4.69, 9.17) is 0 Å². The molecule has 0 atom stereocenters. The van der Waals surface area contributed by atoms with Crippen molar-refractivity contribution < 1.29 is 5.11 Å². The minimum absolute atomic E-state index is 0.0652. The second kappa shape index (κ2) is 7.61. The van der Waals surface area contributed by atoms with Crippen LogP contribution >= 0.6 is 15.9 Å². The minimum Gasteiger partial charge on any atom is -0.393 e. The van der Waals surface area contributed by atoms with E-state index in [9.17, 15) is 5.11 Å². The van der Waals surface area contributed by atoms with Crippen LogP contribution in [0.3, 0.4) is 0 Å². The van der Waals surface area contributed by atoms with Gasteiger partial charge in [0.2, 0.25) is 0 Å². The molecular formula is C17H27BrN2O. The van der Waals surface area contributed by atoms with Crippen molar-refractivity contribution in [1.29, 1.82) is 0 Å². The Morgan fingerprint density at radius 1 is 1.38 bits per heavy atom. The maximum absolute atomic E-state index is 9.37. The molecule has 1 aromatic carbocycles. The maximum atomic E-state index is 9.37. The molecule has 1 aromatic rings. The van der Waals surface area contributed by atoms with Gasteiger partial charge >= 0.3 is 0 Å². The highest BCUT2D eigenvalue weighted by molar-refractivity contribution is 9.10. The fourth-order valence-corrected chi connectivity index (χ4v) is 3.26. The standard InChI is InChI=1S/C17H27BrN2O/c1-12(2)9-19-10-14-4-5-15(8-17(14)18)20(3)11-13-6-16(21)7-13/h4-5,8,12-13,16,19,21H,6-7,9-11H2,1-3H3. The molecule has 0 saturated heterocycles. The number of anilines is 1. The van der Waals surface area contributed by atoms with E-state index >= 15 is 0 Å². The van der Waals surface area contributed by atoms with E-state index in [0.29, 0.717) is 11.8 Å². The van der Waals surface area contributed by atoms with Crippen molar-refractivity contribution in [3.05, 3.63) is 28.2 Å². The third kappa shape index (κ3) is 4.97. The second-order valence-corrected chi connectivity index (χ2v) is 7.53. The van der Waals surface area contributed by atoms with Gasteiger partial charge in [-0.3, -0.25) is 0 Å². The predicted molar refractivity (Wildman–Crippen MR) is 92.7 cm³/mol. The summed E-state index contributed by atoms with van der Waals surface area (Å²) in [5.74, 6) is 1.31. The van der Waals surface area contributed by atoms with E-state index in [1.165, 1.54) is 11.3 Å². The Morgan fingerprint density at radius 2 is 2.10 bits per heavy atom. The Kier molecular flexibility index (Phi) is 6.08. The van der Waals surface area contributed by atoms with Crippen molar-refractivity contribution in [1.82, 2.24) is 5.32 Å². The van der Waals surface area contributed by atoms with E-state index in [1.807, 2.05) is 0 Å². The van der Waals surface area contributed by atoms with Gasteiger partial charge in [0.1, 0.15) is 0 Å². The van der Waals surface area contributed by atoms with Crippen LogP contribution in [0, 0.1) is 11.8 Å². The number of nitrogens with zero attached hydrogens (tertiary/aromatic N) is 1. The van der Waals surface area contributed by atoms with Crippen LogP contribution < -0.4 is 10.2 Å². The third-order valence-electron chi connectivity index (χ3n) is 4.09. The lowest BCUT2D eigenvalue weighted by Crippen LogP contribution is -2.37. The Morgan fingerprint density at radius 3 is 2.67 bits per heavy atom. The van der Waals surface area contributed by atoms with Gasteiger partial charge in [0.05, 0.1) is 6.10 Å². The summed E-state index contributed by atoms with van der Waals surface area (Å²) >= 11 is 3.68. The third-order valence-corrected chi connectivity index (χ3v) is 4.83. The number of hydrogen-bond acceptors (Lipinski definition) is 3. The van der Waals surface area contributed by atoms with E-state index in [0.717, 1.165) is 36.9 Å². The number of hydrogen-bond donors (Lipinski definition) is 2. The van der Waals surface area contributed by atoms with E-state index in [-0.39, 0.29) is 6.10 Å². The van der Waals surface area contributed by atoms with Crippen LogP contribution in [-0.4, -0.2) is 31.3 Å². The summed E-state index contributed by atoms with van der Waals surface area (Å²) in [7, 11) is 2.13. The lowest BCUT2D eigenvalue weighted by atomic mass is 9.82. The highest BCUT2D eigenvalue weighted by atomic mass is 79.9. The van der Waals surface area contributed by atoms with Crippen LogP contribution in [0.15, 0.2) is 22.7 Å². The van der Waals surface area contributed by atoms with E-state index < -0.39 is 0 Å². The number of halogens is 1. The Hall–Kier alpha value is -0.580. The first-order valence-corrected chi connectivity index (χ1v) is 8.63. The van der Waals surface area contributed by atoms with Crippen LogP contribution in [-0.2, 0) is 6.54 Å². The summed E-state index contributed by atoms with van der Waals surface area (Å²) in [6.07, 6.45) is 1.83. The van der Waals surface area contributed by atoms with Gasteiger partial charge in [0, 0.05) is 30.3 Å². The topological polar surface area (TPSA) is 35.5 Å². The molecule has 0 radical (unpaired) electrons. The molecular weight excluding hydrogens is 328 g/mol. The largest absolute Gasteiger partial charge is 0.393 e. The highest BCUT2D eigenvalue weighted by Gasteiger charge is 2.28.